The van der Waals surface area contributed by atoms with Gasteiger partial charge >= 0.3 is 0 Å². The number of para-hydroxylation sites is 1. The van der Waals surface area contributed by atoms with Gasteiger partial charge in [0.1, 0.15) is 4.99 Å². The van der Waals surface area contributed by atoms with Gasteiger partial charge in [0.2, 0.25) is 0 Å². The van der Waals surface area contributed by atoms with Crippen molar-refractivity contribution in [1.82, 2.24) is 9.47 Å². The molecule has 1 aliphatic heterocycles. The van der Waals surface area contributed by atoms with Crippen molar-refractivity contribution in [1.29, 1.82) is 0 Å². The minimum atomic E-state index is 0.858. The highest BCUT2D eigenvalue weighted by Gasteiger charge is 2.20. The highest BCUT2D eigenvalue weighted by Crippen LogP contribution is 2.26. The minimum Gasteiger partial charge on any atom is -0.362 e. The predicted octanol–water partition coefficient (Wildman–Crippen LogP) is 5.22. The molecule has 0 unspecified atom stereocenters. The Morgan fingerprint density at radius 1 is 1.00 bits per heavy atom. The molecule has 0 aliphatic carbocycles. The van der Waals surface area contributed by atoms with Gasteiger partial charge in [0.25, 0.3) is 0 Å². The van der Waals surface area contributed by atoms with Crippen LogP contribution < -0.4 is 0 Å². The highest BCUT2D eigenvalue weighted by molar-refractivity contribution is 9.10. The number of rotatable bonds is 3. The average molecular weight is 399 g/mol. The molecule has 2 aromatic carbocycles. The van der Waals surface area contributed by atoms with Crippen LogP contribution in [0.3, 0.4) is 0 Å². The third kappa shape index (κ3) is 3.01. The summed E-state index contributed by atoms with van der Waals surface area (Å²) in [5, 5.41) is 1.26. The minimum absolute atomic E-state index is 0.858. The summed E-state index contributed by atoms with van der Waals surface area (Å²) in [6.07, 6.45) is 4.72. The van der Waals surface area contributed by atoms with Crippen LogP contribution in [0.15, 0.2) is 59.2 Å². The lowest BCUT2D eigenvalue weighted by Crippen LogP contribution is -2.26. The molecule has 0 atom stereocenters. The molecule has 1 aliphatic rings. The smallest absolute Gasteiger partial charge is 0.111 e. The fraction of sp³-hybridized carbons (Fsp3) is 0.250. The molecule has 1 aromatic heterocycles. The van der Waals surface area contributed by atoms with Crippen molar-refractivity contribution in [3.8, 4) is 0 Å². The summed E-state index contributed by atoms with van der Waals surface area (Å²) in [6, 6.07) is 17.1. The maximum absolute atomic E-state index is 5.81. The fourth-order valence-corrected chi connectivity index (χ4v) is 4.03. The molecule has 3 aromatic rings. The average Bonchev–Trinajstić information content (AvgIpc) is 3.25. The molecule has 4 heteroatoms. The summed E-state index contributed by atoms with van der Waals surface area (Å²) >= 11 is 9.31. The first-order chi connectivity index (χ1) is 11.7. The quantitative estimate of drug-likeness (QED) is 0.558. The number of fused-ring (bicyclic) bond motifs is 1. The molecular formula is C20H19BrN2S. The summed E-state index contributed by atoms with van der Waals surface area (Å²) in [4.78, 5) is 3.35. The zero-order valence-corrected chi connectivity index (χ0v) is 15.8. The van der Waals surface area contributed by atoms with Gasteiger partial charge in [-0.05, 0) is 36.6 Å². The van der Waals surface area contributed by atoms with Crippen LogP contribution in [0.2, 0.25) is 0 Å². The van der Waals surface area contributed by atoms with Gasteiger partial charge in [-0.25, -0.2) is 0 Å². The number of hydrogen-bond donors (Lipinski definition) is 0. The van der Waals surface area contributed by atoms with Crippen LogP contribution in [0, 0.1) is 0 Å². The largest absolute Gasteiger partial charge is 0.362 e. The van der Waals surface area contributed by atoms with Gasteiger partial charge in [-0.15, -0.1) is 0 Å². The first-order valence-electron chi connectivity index (χ1n) is 8.34. The SMILES string of the molecule is S=C(c1cn(Cc2ccc(Br)cc2)c2ccccc12)N1CCCC1. The summed E-state index contributed by atoms with van der Waals surface area (Å²) in [6.45, 7) is 3.03. The van der Waals surface area contributed by atoms with E-state index in [0.29, 0.717) is 0 Å². The van der Waals surface area contributed by atoms with E-state index in [4.69, 9.17) is 12.2 Å². The van der Waals surface area contributed by atoms with Gasteiger partial charge in [0, 0.05) is 46.8 Å². The summed E-state index contributed by atoms with van der Waals surface area (Å²) in [7, 11) is 0. The van der Waals surface area contributed by atoms with Crippen LogP contribution >= 0.6 is 28.1 Å². The summed E-state index contributed by atoms with van der Waals surface area (Å²) in [5.74, 6) is 0. The monoisotopic (exact) mass is 398 g/mol. The standard InChI is InChI=1S/C20H19BrN2S/c21-16-9-7-15(8-10-16)13-23-14-18(17-5-1-2-6-19(17)23)20(24)22-11-3-4-12-22/h1-2,5-10,14H,3-4,11-13H2. The molecule has 0 amide bonds. The number of likely N-dealkylation sites (tertiary alicyclic amines) is 1. The van der Waals surface area contributed by atoms with Crippen LogP contribution in [-0.4, -0.2) is 27.5 Å². The molecule has 0 saturated carbocycles. The molecule has 24 heavy (non-hydrogen) atoms. The molecular weight excluding hydrogens is 380 g/mol. The fourth-order valence-electron chi connectivity index (χ4n) is 3.43. The van der Waals surface area contributed by atoms with Crippen LogP contribution in [0.5, 0.6) is 0 Å². The number of nitrogens with zero attached hydrogens (tertiary/aromatic N) is 2. The van der Waals surface area contributed by atoms with Gasteiger partial charge in [-0.2, -0.15) is 0 Å². The normalized spacial score (nSPS) is 14.5. The molecule has 122 valence electrons. The van der Waals surface area contributed by atoms with E-state index < -0.39 is 0 Å². The summed E-state index contributed by atoms with van der Waals surface area (Å²) in [5.41, 5.74) is 3.73. The third-order valence-corrected chi connectivity index (χ3v) is 5.69. The Morgan fingerprint density at radius 2 is 1.71 bits per heavy atom. The highest BCUT2D eigenvalue weighted by atomic mass is 79.9. The molecule has 2 heterocycles. The Kier molecular flexibility index (Phi) is 4.42. The van der Waals surface area contributed by atoms with Crippen molar-refractivity contribution in [2.45, 2.75) is 19.4 Å². The Hall–Kier alpha value is -1.65. The van der Waals surface area contributed by atoms with Crippen molar-refractivity contribution >= 4 is 44.0 Å². The summed E-state index contributed by atoms with van der Waals surface area (Å²) < 4.78 is 3.43. The van der Waals surface area contributed by atoms with E-state index in [9.17, 15) is 0 Å². The van der Waals surface area contributed by atoms with Crippen molar-refractivity contribution in [3.63, 3.8) is 0 Å². The molecule has 1 fully saturated rings. The van der Waals surface area contributed by atoms with E-state index in [2.05, 4.69) is 80.1 Å². The third-order valence-electron chi connectivity index (χ3n) is 4.68. The maximum atomic E-state index is 5.81. The Morgan fingerprint density at radius 3 is 2.46 bits per heavy atom. The van der Waals surface area contributed by atoms with Crippen molar-refractivity contribution in [3.05, 3.63) is 70.3 Å². The van der Waals surface area contributed by atoms with Crippen molar-refractivity contribution in [2.24, 2.45) is 0 Å². The number of hydrogen-bond acceptors (Lipinski definition) is 1. The second-order valence-corrected chi connectivity index (χ2v) is 7.62. The predicted molar refractivity (Wildman–Crippen MR) is 108 cm³/mol. The first kappa shape index (κ1) is 15.9. The van der Waals surface area contributed by atoms with Gasteiger partial charge in [-0.1, -0.05) is 58.5 Å². The van der Waals surface area contributed by atoms with Gasteiger partial charge < -0.3 is 9.47 Å². The Labute approximate surface area is 156 Å². The molecule has 4 rings (SSSR count). The number of benzene rings is 2. The molecule has 2 nitrogen and oxygen atoms in total. The zero-order chi connectivity index (χ0) is 16.5. The lowest BCUT2D eigenvalue weighted by Gasteiger charge is -2.17. The van der Waals surface area contributed by atoms with Gasteiger partial charge in [-0.3, -0.25) is 0 Å². The van der Waals surface area contributed by atoms with Crippen LogP contribution in [-0.2, 0) is 6.54 Å². The second-order valence-electron chi connectivity index (χ2n) is 6.31. The van der Waals surface area contributed by atoms with Crippen LogP contribution in [0.1, 0.15) is 24.0 Å². The molecule has 0 bridgehead atoms. The second kappa shape index (κ2) is 6.69. The zero-order valence-electron chi connectivity index (χ0n) is 13.4. The van der Waals surface area contributed by atoms with Crippen molar-refractivity contribution < 1.29 is 0 Å². The first-order valence-corrected chi connectivity index (χ1v) is 9.54. The molecule has 0 spiro atoms. The van der Waals surface area contributed by atoms with Crippen LogP contribution in [0.4, 0.5) is 0 Å². The van der Waals surface area contributed by atoms with Crippen LogP contribution in [0.25, 0.3) is 10.9 Å². The number of aromatic nitrogens is 1. The van der Waals surface area contributed by atoms with E-state index in [1.165, 1.54) is 34.9 Å². The lowest BCUT2D eigenvalue weighted by atomic mass is 10.1. The Balaban J connectivity index is 1.73. The maximum Gasteiger partial charge on any atom is 0.111 e. The molecule has 1 saturated heterocycles. The number of halogens is 1. The topological polar surface area (TPSA) is 8.17 Å². The lowest BCUT2D eigenvalue weighted by molar-refractivity contribution is 0.530. The molecule has 0 radical (unpaired) electrons. The van der Waals surface area contributed by atoms with E-state index >= 15 is 0 Å². The Bertz CT molecular complexity index is 876. The van der Waals surface area contributed by atoms with Crippen molar-refractivity contribution in [2.75, 3.05) is 13.1 Å². The van der Waals surface area contributed by atoms with Gasteiger partial charge in [0.15, 0.2) is 0 Å². The van der Waals surface area contributed by atoms with E-state index in [0.717, 1.165) is 29.1 Å². The molecule has 0 N–H and O–H groups in total. The van der Waals surface area contributed by atoms with E-state index in [1.54, 1.807) is 0 Å². The van der Waals surface area contributed by atoms with E-state index in [1.807, 2.05) is 0 Å². The van der Waals surface area contributed by atoms with E-state index in [-0.39, 0.29) is 0 Å². The van der Waals surface area contributed by atoms with Gasteiger partial charge in [0.05, 0.1) is 0 Å². The number of thiocarbonyl (C=S) groups is 1.